The van der Waals surface area contributed by atoms with Gasteiger partial charge in [0.2, 0.25) is 0 Å². The zero-order chi connectivity index (χ0) is 15.5. The van der Waals surface area contributed by atoms with Crippen LogP contribution >= 0.6 is 0 Å². The molecule has 21 heavy (non-hydrogen) atoms. The van der Waals surface area contributed by atoms with Crippen LogP contribution in [-0.2, 0) is 12.7 Å². The topological polar surface area (TPSA) is 61.6 Å². The predicted molar refractivity (Wildman–Crippen MR) is 70.3 cm³/mol. The molecule has 4 nitrogen and oxygen atoms in total. The van der Waals surface area contributed by atoms with E-state index in [1.807, 2.05) is 19.1 Å². The average Bonchev–Trinajstić information content (AvgIpc) is 2.45. The Morgan fingerprint density at radius 1 is 1.29 bits per heavy atom. The van der Waals surface area contributed by atoms with E-state index in [0.717, 1.165) is 17.7 Å². The van der Waals surface area contributed by atoms with Crippen LogP contribution in [0.5, 0.6) is 0 Å². The molecule has 0 bridgehead atoms. The minimum Gasteiger partial charge on any atom is -0.363 e. The Morgan fingerprint density at radius 3 is 2.67 bits per heavy atom. The van der Waals surface area contributed by atoms with Crippen molar-refractivity contribution >= 4 is 5.82 Å². The summed E-state index contributed by atoms with van der Waals surface area (Å²) in [5.41, 5.74) is 0.592. The van der Waals surface area contributed by atoms with E-state index in [2.05, 4.69) is 15.3 Å². The van der Waals surface area contributed by atoms with Crippen molar-refractivity contribution < 1.29 is 13.2 Å². The Morgan fingerprint density at radius 2 is 2.05 bits per heavy atom. The molecule has 0 aliphatic heterocycles. The van der Waals surface area contributed by atoms with Crippen LogP contribution in [0.15, 0.2) is 30.5 Å². The summed E-state index contributed by atoms with van der Waals surface area (Å²) in [6.45, 7) is 2.03. The molecule has 2 aromatic rings. The number of nitriles is 1. The first-order valence-electron chi connectivity index (χ1n) is 6.04. The molecular formula is C14H11F3N4. The molecular weight excluding hydrogens is 281 g/mol. The van der Waals surface area contributed by atoms with E-state index in [4.69, 9.17) is 5.26 Å². The average molecular weight is 292 g/mol. The van der Waals surface area contributed by atoms with Gasteiger partial charge in [-0.05, 0) is 30.7 Å². The number of halogens is 3. The lowest BCUT2D eigenvalue weighted by Gasteiger charge is -2.11. The molecule has 0 radical (unpaired) electrons. The fourth-order valence-electron chi connectivity index (χ4n) is 1.71. The molecule has 0 saturated heterocycles. The van der Waals surface area contributed by atoms with E-state index >= 15 is 0 Å². The first-order valence-corrected chi connectivity index (χ1v) is 6.04. The molecule has 2 rings (SSSR count). The van der Waals surface area contributed by atoms with Gasteiger partial charge in [-0.1, -0.05) is 6.07 Å². The Kier molecular flexibility index (Phi) is 4.08. The minimum atomic E-state index is -4.55. The molecule has 0 unspecified atom stereocenters. The Labute approximate surface area is 119 Å². The summed E-state index contributed by atoms with van der Waals surface area (Å²) < 4.78 is 37.9. The lowest BCUT2D eigenvalue weighted by Crippen LogP contribution is -2.12. The molecule has 2 aromatic heterocycles. The number of pyridine rings is 2. The lowest BCUT2D eigenvalue weighted by molar-refractivity contribution is -0.141. The van der Waals surface area contributed by atoms with E-state index in [1.54, 1.807) is 12.3 Å². The number of hydrogen-bond acceptors (Lipinski definition) is 4. The number of hydrogen-bond donors (Lipinski definition) is 1. The molecule has 1 N–H and O–H groups in total. The van der Waals surface area contributed by atoms with Crippen molar-refractivity contribution in [2.45, 2.75) is 19.6 Å². The maximum absolute atomic E-state index is 12.6. The molecule has 0 atom stereocenters. The van der Waals surface area contributed by atoms with Gasteiger partial charge in [-0.3, -0.25) is 4.98 Å². The van der Waals surface area contributed by atoms with Crippen LogP contribution in [0.25, 0.3) is 0 Å². The van der Waals surface area contributed by atoms with Crippen molar-refractivity contribution in [1.82, 2.24) is 9.97 Å². The molecule has 108 valence electrons. The monoisotopic (exact) mass is 292 g/mol. The van der Waals surface area contributed by atoms with Gasteiger partial charge in [0.05, 0.1) is 17.8 Å². The molecule has 0 aliphatic carbocycles. The van der Waals surface area contributed by atoms with Crippen LogP contribution in [0.2, 0.25) is 0 Å². The van der Waals surface area contributed by atoms with Gasteiger partial charge in [-0.25, -0.2) is 4.98 Å². The number of nitrogens with one attached hydrogen (secondary N) is 1. The van der Waals surface area contributed by atoms with Crippen molar-refractivity contribution in [2.24, 2.45) is 0 Å². The molecule has 0 spiro atoms. The van der Waals surface area contributed by atoms with E-state index in [-0.39, 0.29) is 17.9 Å². The number of rotatable bonds is 3. The van der Waals surface area contributed by atoms with Crippen molar-refractivity contribution in [3.05, 3.63) is 53.0 Å². The van der Waals surface area contributed by atoms with Gasteiger partial charge in [0.15, 0.2) is 0 Å². The van der Waals surface area contributed by atoms with E-state index < -0.39 is 11.9 Å². The van der Waals surface area contributed by atoms with Crippen LogP contribution in [0.3, 0.4) is 0 Å². The summed E-state index contributed by atoms with van der Waals surface area (Å²) in [6, 6.07) is 7.31. The SMILES string of the molecule is Cc1cccnc1CNc1nc(C(F)(F)F)ccc1C#N. The lowest BCUT2D eigenvalue weighted by atomic mass is 10.2. The fourth-order valence-corrected chi connectivity index (χ4v) is 1.71. The van der Waals surface area contributed by atoms with Gasteiger partial charge >= 0.3 is 6.18 Å². The summed E-state index contributed by atoms with van der Waals surface area (Å²) in [6.07, 6.45) is -2.96. The third-order valence-electron chi connectivity index (χ3n) is 2.85. The molecule has 0 aliphatic rings. The molecule has 0 fully saturated rings. The van der Waals surface area contributed by atoms with Crippen molar-refractivity contribution in [3.63, 3.8) is 0 Å². The maximum Gasteiger partial charge on any atom is 0.433 e. The highest BCUT2D eigenvalue weighted by Crippen LogP contribution is 2.29. The quantitative estimate of drug-likeness (QED) is 0.943. The Hall–Kier alpha value is -2.62. The summed E-state index contributed by atoms with van der Waals surface area (Å²) in [4.78, 5) is 7.60. The highest BCUT2D eigenvalue weighted by atomic mass is 19.4. The van der Waals surface area contributed by atoms with Crippen LogP contribution < -0.4 is 5.32 Å². The first-order chi connectivity index (χ1) is 9.91. The van der Waals surface area contributed by atoms with Crippen LogP contribution in [0.1, 0.15) is 22.5 Å². The van der Waals surface area contributed by atoms with Gasteiger partial charge in [-0.2, -0.15) is 18.4 Å². The number of anilines is 1. The first kappa shape index (κ1) is 14.8. The second-order valence-corrected chi connectivity index (χ2v) is 4.32. The van der Waals surface area contributed by atoms with Crippen molar-refractivity contribution in [1.29, 1.82) is 5.26 Å². The predicted octanol–water partition coefficient (Wildman–Crippen LogP) is 3.29. The van der Waals surface area contributed by atoms with E-state index in [1.165, 1.54) is 0 Å². The second kappa shape index (κ2) is 5.79. The number of alkyl halides is 3. The second-order valence-electron chi connectivity index (χ2n) is 4.32. The minimum absolute atomic E-state index is 0.0524. The van der Waals surface area contributed by atoms with Crippen LogP contribution in [0, 0.1) is 18.3 Å². The number of aromatic nitrogens is 2. The van der Waals surface area contributed by atoms with Gasteiger partial charge in [-0.15, -0.1) is 0 Å². The van der Waals surface area contributed by atoms with Gasteiger partial charge in [0.25, 0.3) is 0 Å². The van der Waals surface area contributed by atoms with Crippen molar-refractivity contribution in [2.75, 3.05) is 5.32 Å². The highest BCUT2D eigenvalue weighted by molar-refractivity contribution is 5.52. The zero-order valence-electron chi connectivity index (χ0n) is 11.1. The van der Waals surface area contributed by atoms with Gasteiger partial charge in [0.1, 0.15) is 17.6 Å². The largest absolute Gasteiger partial charge is 0.433 e. The van der Waals surface area contributed by atoms with E-state index in [9.17, 15) is 13.2 Å². The number of nitrogens with zero attached hydrogens (tertiary/aromatic N) is 3. The van der Waals surface area contributed by atoms with E-state index in [0.29, 0.717) is 5.69 Å². The Bertz CT molecular complexity index is 689. The summed E-state index contributed by atoms with van der Waals surface area (Å²) in [5.74, 6) is -0.0996. The smallest absolute Gasteiger partial charge is 0.363 e. The van der Waals surface area contributed by atoms with Crippen LogP contribution in [0.4, 0.5) is 19.0 Å². The fraction of sp³-hybridized carbons (Fsp3) is 0.214. The summed E-state index contributed by atoms with van der Waals surface area (Å²) in [7, 11) is 0. The normalized spacial score (nSPS) is 11.0. The van der Waals surface area contributed by atoms with Gasteiger partial charge < -0.3 is 5.32 Å². The molecule has 7 heteroatoms. The van der Waals surface area contributed by atoms with Crippen LogP contribution in [-0.4, -0.2) is 9.97 Å². The highest BCUT2D eigenvalue weighted by Gasteiger charge is 2.33. The Balaban J connectivity index is 2.27. The molecule has 2 heterocycles. The zero-order valence-corrected chi connectivity index (χ0v) is 11.1. The third kappa shape index (κ3) is 3.48. The summed E-state index contributed by atoms with van der Waals surface area (Å²) >= 11 is 0. The molecule has 0 aromatic carbocycles. The van der Waals surface area contributed by atoms with Crippen molar-refractivity contribution in [3.8, 4) is 6.07 Å². The third-order valence-corrected chi connectivity index (χ3v) is 2.85. The number of aryl methyl sites for hydroxylation is 1. The standard InChI is InChI=1S/C14H11F3N4/c1-9-3-2-6-19-11(9)8-20-13-10(7-18)4-5-12(21-13)14(15,16)17/h2-6H,8H2,1H3,(H,20,21). The maximum atomic E-state index is 12.6. The molecule has 0 amide bonds. The molecule has 0 saturated carbocycles. The van der Waals surface area contributed by atoms with Gasteiger partial charge in [0, 0.05) is 6.20 Å². The summed E-state index contributed by atoms with van der Waals surface area (Å²) in [5, 5.41) is 11.7.